The van der Waals surface area contributed by atoms with E-state index in [0.717, 1.165) is 22.4 Å². The molecule has 1 aliphatic heterocycles. The summed E-state index contributed by atoms with van der Waals surface area (Å²) in [5.41, 5.74) is 3.83. The Morgan fingerprint density at radius 1 is 0.968 bits per heavy atom. The highest BCUT2D eigenvalue weighted by atomic mass is 32.2. The van der Waals surface area contributed by atoms with Crippen LogP contribution in [0.3, 0.4) is 0 Å². The highest BCUT2D eigenvalue weighted by Gasteiger charge is 2.32. The second-order valence-corrected chi connectivity index (χ2v) is 8.76. The Hall–Kier alpha value is -3.12. The average Bonchev–Trinajstić information content (AvgIpc) is 2.78. The third kappa shape index (κ3) is 5.52. The van der Waals surface area contributed by atoms with E-state index in [4.69, 9.17) is 0 Å². The Kier molecular flexibility index (Phi) is 6.67. The zero-order chi connectivity index (χ0) is 21.6. The molecule has 4 nitrogen and oxygen atoms in total. The molecule has 1 fully saturated rings. The van der Waals surface area contributed by atoms with Crippen molar-refractivity contribution in [3.8, 4) is 0 Å². The lowest BCUT2D eigenvalue weighted by Gasteiger charge is -2.28. The number of nitrogens with one attached hydrogen (secondary N) is 2. The van der Waals surface area contributed by atoms with Gasteiger partial charge in [0, 0.05) is 11.4 Å². The van der Waals surface area contributed by atoms with Crippen molar-refractivity contribution in [1.29, 1.82) is 0 Å². The fraction of sp³-hybridized carbons (Fsp3) is 0.200. The van der Waals surface area contributed by atoms with Crippen molar-refractivity contribution in [1.82, 2.24) is 5.32 Å². The van der Waals surface area contributed by atoms with Gasteiger partial charge in [-0.15, -0.1) is 11.8 Å². The van der Waals surface area contributed by atoms with Gasteiger partial charge in [0.2, 0.25) is 11.8 Å². The highest BCUT2D eigenvalue weighted by Crippen LogP contribution is 2.24. The van der Waals surface area contributed by atoms with Crippen molar-refractivity contribution in [2.75, 3.05) is 11.1 Å². The largest absolute Gasteiger partial charge is 0.343 e. The maximum Gasteiger partial charge on any atom is 0.247 e. The van der Waals surface area contributed by atoms with Crippen molar-refractivity contribution in [3.63, 3.8) is 0 Å². The lowest BCUT2D eigenvalue weighted by Crippen LogP contribution is -2.52. The van der Waals surface area contributed by atoms with Crippen molar-refractivity contribution >= 4 is 29.3 Å². The molecule has 6 heteroatoms. The Bertz CT molecular complexity index is 1060. The molecule has 31 heavy (non-hydrogen) atoms. The van der Waals surface area contributed by atoms with Crippen LogP contribution in [0.5, 0.6) is 0 Å². The molecule has 0 bridgehead atoms. The molecule has 0 unspecified atom stereocenters. The molecular weight excluding hydrogens is 411 g/mol. The number of hydrogen-bond acceptors (Lipinski definition) is 3. The number of carbonyl (C=O) groups is 2. The molecule has 3 aromatic rings. The number of hydrogen-bond donors (Lipinski definition) is 2. The van der Waals surface area contributed by atoms with Crippen LogP contribution >= 0.6 is 11.8 Å². The van der Waals surface area contributed by atoms with E-state index >= 15 is 0 Å². The molecule has 1 saturated heterocycles. The molecule has 3 aromatic carbocycles. The van der Waals surface area contributed by atoms with Gasteiger partial charge in [-0.3, -0.25) is 9.59 Å². The Morgan fingerprint density at radius 2 is 1.68 bits per heavy atom. The van der Waals surface area contributed by atoms with Gasteiger partial charge in [0.1, 0.15) is 11.9 Å². The number of thioether (sulfide) groups is 1. The quantitative estimate of drug-likeness (QED) is 0.611. The Labute approximate surface area is 185 Å². The summed E-state index contributed by atoms with van der Waals surface area (Å²) in [4.78, 5) is 25.4. The van der Waals surface area contributed by atoms with Gasteiger partial charge in [-0.1, -0.05) is 60.7 Å². The molecule has 0 aliphatic carbocycles. The van der Waals surface area contributed by atoms with Gasteiger partial charge in [0.15, 0.2) is 0 Å². The van der Waals surface area contributed by atoms with Crippen LogP contribution in [-0.4, -0.2) is 28.9 Å². The number of rotatable bonds is 6. The normalized spacial score (nSPS) is 18.3. The van der Waals surface area contributed by atoms with Gasteiger partial charge in [-0.25, -0.2) is 4.39 Å². The van der Waals surface area contributed by atoms with E-state index < -0.39 is 6.04 Å². The minimum absolute atomic E-state index is 0.168. The molecule has 1 aliphatic rings. The monoisotopic (exact) mass is 434 g/mol. The van der Waals surface area contributed by atoms with E-state index in [9.17, 15) is 14.0 Å². The third-order valence-electron chi connectivity index (χ3n) is 5.24. The molecule has 0 spiro atoms. The number of carbonyl (C=O) groups excluding carboxylic acids is 2. The van der Waals surface area contributed by atoms with Crippen molar-refractivity contribution in [2.45, 2.75) is 24.1 Å². The van der Waals surface area contributed by atoms with Gasteiger partial charge in [-0.05, 0) is 47.7 Å². The van der Waals surface area contributed by atoms with Gasteiger partial charge >= 0.3 is 0 Å². The lowest BCUT2D eigenvalue weighted by molar-refractivity contribution is -0.126. The number of anilines is 1. The van der Waals surface area contributed by atoms with Crippen LogP contribution in [0.2, 0.25) is 0 Å². The first-order chi connectivity index (χ1) is 15.1. The summed E-state index contributed by atoms with van der Waals surface area (Å²) in [6.07, 6.45) is 1.22. The van der Waals surface area contributed by atoms with E-state index in [1.807, 2.05) is 42.5 Å². The Morgan fingerprint density at radius 3 is 2.42 bits per heavy atom. The maximum atomic E-state index is 13.1. The molecule has 0 saturated carbocycles. The lowest BCUT2D eigenvalue weighted by atomic mass is 10.0. The average molecular weight is 435 g/mol. The summed E-state index contributed by atoms with van der Waals surface area (Å²) < 4.78 is 13.1. The van der Waals surface area contributed by atoms with E-state index in [-0.39, 0.29) is 22.9 Å². The molecule has 2 N–H and O–H groups in total. The molecule has 4 rings (SSSR count). The minimum atomic E-state index is -0.591. The van der Waals surface area contributed by atoms with Crippen LogP contribution in [0.15, 0.2) is 78.9 Å². The summed E-state index contributed by atoms with van der Waals surface area (Å²) in [5, 5.41) is 5.53. The third-order valence-corrected chi connectivity index (χ3v) is 6.55. The van der Waals surface area contributed by atoms with Crippen LogP contribution in [-0.2, 0) is 22.4 Å². The van der Waals surface area contributed by atoms with Crippen LogP contribution < -0.4 is 10.6 Å². The van der Waals surface area contributed by atoms with E-state index in [1.54, 1.807) is 12.1 Å². The summed E-state index contributed by atoms with van der Waals surface area (Å²) in [6, 6.07) is 23.3. The van der Waals surface area contributed by atoms with Gasteiger partial charge in [-0.2, -0.15) is 0 Å². The molecule has 0 radical (unpaired) electrons. The number of amides is 2. The summed E-state index contributed by atoms with van der Waals surface area (Å²) in [5.74, 6) is -0.196. The predicted molar refractivity (Wildman–Crippen MR) is 123 cm³/mol. The van der Waals surface area contributed by atoms with Crippen LogP contribution in [0.1, 0.15) is 16.7 Å². The van der Waals surface area contributed by atoms with Crippen molar-refractivity contribution in [2.24, 2.45) is 0 Å². The fourth-order valence-electron chi connectivity index (χ4n) is 3.55. The maximum absolute atomic E-state index is 13.1. The standard InChI is InChI=1S/C25H23FN2O2S/c26-20-12-10-18(11-13-20)15-23-25(30)28-22(16-31-23)24(29)27-21-9-5-4-8-19(21)14-17-6-2-1-3-7-17/h1-13,22-23H,14-16H2,(H,27,29)(H,28,30)/t22-,23-/m1/s1. The number of halogens is 1. The fourth-order valence-corrected chi connectivity index (χ4v) is 4.74. The zero-order valence-corrected chi connectivity index (χ0v) is 17.7. The van der Waals surface area contributed by atoms with E-state index in [2.05, 4.69) is 22.8 Å². The van der Waals surface area contributed by atoms with Crippen LogP contribution in [0.25, 0.3) is 0 Å². The number of benzene rings is 3. The van der Waals surface area contributed by atoms with Crippen molar-refractivity contribution in [3.05, 3.63) is 101 Å². The first kappa shape index (κ1) is 21.1. The van der Waals surface area contributed by atoms with E-state index in [0.29, 0.717) is 18.6 Å². The first-order valence-electron chi connectivity index (χ1n) is 10.2. The highest BCUT2D eigenvalue weighted by molar-refractivity contribution is 8.00. The summed E-state index contributed by atoms with van der Waals surface area (Å²) >= 11 is 1.46. The van der Waals surface area contributed by atoms with E-state index in [1.165, 1.54) is 23.9 Å². The summed E-state index contributed by atoms with van der Waals surface area (Å²) in [6.45, 7) is 0. The second kappa shape index (κ2) is 9.79. The topological polar surface area (TPSA) is 58.2 Å². The number of para-hydroxylation sites is 1. The van der Waals surface area contributed by atoms with Gasteiger partial charge in [0.05, 0.1) is 5.25 Å². The molecule has 2 amide bonds. The molecular formula is C25H23FN2O2S. The molecule has 158 valence electrons. The van der Waals surface area contributed by atoms with Gasteiger partial charge in [0.25, 0.3) is 0 Å². The first-order valence-corrected chi connectivity index (χ1v) is 11.2. The van der Waals surface area contributed by atoms with Crippen LogP contribution in [0, 0.1) is 5.82 Å². The minimum Gasteiger partial charge on any atom is -0.343 e. The van der Waals surface area contributed by atoms with Crippen molar-refractivity contribution < 1.29 is 14.0 Å². The Balaban J connectivity index is 1.37. The SMILES string of the molecule is O=C(Nc1ccccc1Cc1ccccc1)[C@H]1CS[C@H](Cc2ccc(F)cc2)C(=O)N1. The molecule has 0 aromatic heterocycles. The molecule has 1 heterocycles. The van der Waals surface area contributed by atoms with Gasteiger partial charge < -0.3 is 10.6 Å². The summed E-state index contributed by atoms with van der Waals surface area (Å²) in [7, 11) is 0. The van der Waals surface area contributed by atoms with Crippen LogP contribution in [0.4, 0.5) is 10.1 Å². The molecule has 2 atom stereocenters. The zero-order valence-electron chi connectivity index (χ0n) is 16.9. The smallest absolute Gasteiger partial charge is 0.247 e. The predicted octanol–water partition coefficient (Wildman–Crippen LogP) is 4.20. The second-order valence-electron chi connectivity index (χ2n) is 7.52.